The molecule has 0 bridgehead atoms. The van der Waals surface area contributed by atoms with E-state index in [9.17, 15) is 9.59 Å². The number of para-hydroxylation sites is 1. The first-order valence-electron chi connectivity index (χ1n) is 9.10. The van der Waals surface area contributed by atoms with Gasteiger partial charge in [0, 0.05) is 23.2 Å². The summed E-state index contributed by atoms with van der Waals surface area (Å²) in [6, 6.07) is 16.8. The fourth-order valence-corrected chi connectivity index (χ4v) is 3.45. The van der Waals surface area contributed by atoms with E-state index >= 15 is 0 Å². The number of piperidine rings is 1. The maximum absolute atomic E-state index is 12.8. The van der Waals surface area contributed by atoms with E-state index in [1.165, 1.54) is 0 Å². The highest BCUT2D eigenvalue weighted by Gasteiger charge is 2.31. The van der Waals surface area contributed by atoms with Crippen LogP contribution in [-0.4, -0.2) is 35.9 Å². The summed E-state index contributed by atoms with van der Waals surface area (Å²) in [5.74, 6) is 0.313. The maximum Gasteiger partial charge on any atom is 0.263 e. The average molecular weight is 431 g/mol. The summed E-state index contributed by atoms with van der Waals surface area (Å²) in [4.78, 5) is 27.0. The molecule has 5 nitrogen and oxygen atoms in total. The molecule has 1 fully saturated rings. The van der Waals surface area contributed by atoms with E-state index in [2.05, 4.69) is 21.2 Å². The van der Waals surface area contributed by atoms with Gasteiger partial charge in [0.2, 0.25) is 5.91 Å². The molecule has 1 heterocycles. The molecule has 0 radical (unpaired) electrons. The number of nitrogens with one attached hydrogen (secondary N) is 1. The highest BCUT2D eigenvalue weighted by molar-refractivity contribution is 9.10. The third kappa shape index (κ3) is 5.32. The number of carbonyl (C=O) groups excluding carboxylic acids is 2. The smallest absolute Gasteiger partial charge is 0.263 e. The largest absolute Gasteiger partial charge is 0.481 e. The van der Waals surface area contributed by atoms with Gasteiger partial charge >= 0.3 is 0 Å². The van der Waals surface area contributed by atoms with Crippen LogP contribution in [0.4, 0.5) is 5.69 Å². The Morgan fingerprint density at radius 3 is 2.56 bits per heavy atom. The topological polar surface area (TPSA) is 58.6 Å². The average Bonchev–Trinajstić information content (AvgIpc) is 2.70. The summed E-state index contributed by atoms with van der Waals surface area (Å²) in [5.41, 5.74) is 0.776. The lowest BCUT2D eigenvalue weighted by molar-refractivity contribution is -0.140. The fourth-order valence-electron chi connectivity index (χ4n) is 3.18. The standard InChI is InChI=1S/C21H23BrN2O3/c1-15(27-19-11-9-17(22)10-12-19)21(26)24-13-5-6-16(14-24)20(25)23-18-7-3-2-4-8-18/h2-4,7-12,15-16H,5-6,13-14H2,1H3,(H,23,25). The van der Waals surface area contributed by atoms with Gasteiger partial charge in [0.05, 0.1) is 5.92 Å². The van der Waals surface area contributed by atoms with Crippen molar-refractivity contribution in [2.24, 2.45) is 5.92 Å². The molecule has 142 valence electrons. The number of likely N-dealkylation sites (tertiary alicyclic amines) is 1. The van der Waals surface area contributed by atoms with Crippen LogP contribution in [0.3, 0.4) is 0 Å². The van der Waals surface area contributed by atoms with E-state index in [-0.39, 0.29) is 17.7 Å². The Morgan fingerprint density at radius 1 is 1.15 bits per heavy atom. The van der Waals surface area contributed by atoms with Crippen molar-refractivity contribution in [3.63, 3.8) is 0 Å². The lowest BCUT2D eigenvalue weighted by Crippen LogP contribution is -2.48. The van der Waals surface area contributed by atoms with Crippen LogP contribution < -0.4 is 10.1 Å². The van der Waals surface area contributed by atoms with Crippen molar-refractivity contribution < 1.29 is 14.3 Å². The number of hydrogen-bond acceptors (Lipinski definition) is 3. The van der Waals surface area contributed by atoms with E-state index in [1.54, 1.807) is 11.8 Å². The first-order valence-corrected chi connectivity index (χ1v) is 9.89. The van der Waals surface area contributed by atoms with Crippen LogP contribution in [0.15, 0.2) is 59.1 Å². The van der Waals surface area contributed by atoms with Crippen LogP contribution in [-0.2, 0) is 9.59 Å². The first kappa shape index (κ1) is 19.4. The quantitative estimate of drug-likeness (QED) is 0.776. The number of hydrogen-bond donors (Lipinski definition) is 1. The Labute approximate surface area is 167 Å². The predicted molar refractivity (Wildman–Crippen MR) is 109 cm³/mol. The van der Waals surface area contributed by atoms with Gasteiger partial charge in [0.1, 0.15) is 5.75 Å². The van der Waals surface area contributed by atoms with Crippen LogP contribution in [0.1, 0.15) is 19.8 Å². The molecule has 2 atom stereocenters. The third-order valence-corrected chi connectivity index (χ3v) is 5.15. The summed E-state index contributed by atoms with van der Waals surface area (Å²) < 4.78 is 6.72. The minimum absolute atomic E-state index is 0.0415. The van der Waals surface area contributed by atoms with E-state index in [4.69, 9.17) is 4.74 Å². The van der Waals surface area contributed by atoms with E-state index in [1.807, 2.05) is 54.6 Å². The first-order chi connectivity index (χ1) is 13.0. The molecule has 1 saturated heterocycles. The molecule has 3 rings (SSSR count). The Morgan fingerprint density at radius 2 is 1.85 bits per heavy atom. The Kier molecular flexibility index (Phi) is 6.50. The number of halogens is 1. The fraction of sp³-hybridized carbons (Fsp3) is 0.333. The van der Waals surface area contributed by atoms with Gasteiger partial charge in [0.25, 0.3) is 5.91 Å². The van der Waals surface area contributed by atoms with Crippen molar-refractivity contribution in [1.29, 1.82) is 0 Å². The van der Waals surface area contributed by atoms with Crippen molar-refractivity contribution in [3.05, 3.63) is 59.1 Å². The summed E-state index contributed by atoms with van der Waals surface area (Å²) in [6.07, 6.45) is 0.996. The molecule has 2 aromatic rings. The van der Waals surface area contributed by atoms with E-state index < -0.39 is 6.10 Å². The second-order valence-electron chi connectivity index (χ2n) is 6.69. The molecule has 1 N–H and O–H groups in total. The Bertz CT molecular complexity index is 780. The molecule has 1 aliphatic rings. The molecule has 0 saturated carbocycles. The highest BCUT2D eigenvalue weighted by Crippen LogP contribution is 2.21. The zero-order valence-electron chi connectivity index (χ0n) is 15.2. The molecule has 2 unspecified atom stereocenters. The van der Waals surface area contributed by atoms with Gasteiger partial charge in [-0.25, -0.2) is 0 Å². The minimum atomic E-state index is -0.595. The Hall–Kier alpha value is -2.34. The monoisotopic (exact) mass is 430 g/mol. The molecule has 0 spiro atoms. The van der Waals surface area contributed by atoms with Crippen molar-refractivity contribution >= 4 is 33.4 Å². The van der Waals surface area contributed by atoms with Crippen LogP contribution in [0.25, 0.3) is 0 Å². The SMILES string of the molecule is CC(Oc1ccc(Br)cc1)C(=O)N1CCCC(C(=O)Nc2ccccc2)C1. The molecule has 27 heavy (non-hydrogen) atoms. The van der Waals surface area contributed by atoms with Gasteiger partial charge in [-0.15, -0.1) is 0 Å². The lowest BCUT2D eigenvalue weighted by Gasteiger charge is -2.33. The zero-order valence-corrected chi connectivity index (χ0v) is 16.8. The Balaban J connectivity index is 1.57. The van der Waals surface area contributed by atoms with Crippen LogP contribution in [0.5, 0.6) is 5.75 Å². The number of benzene rings is 2. The maximum atomic E-state index is 12.8. The molecule has 6 heteroatoms. The summed E-state index contributed by atoms with van der Waals surface area (Å²) in [7, 11) is 0. The van der Waals surface area contributed by atoms with Crippen molar-refractivity contribution in [2.45, 2.75) is 25.9 Å². The van der Waals surface area contributed by atoms with Crippen LogP contribution in [0, 0.1) is 5.92 Å². The zero-order chi connectivity index (χ0) is 19.2. The minimum Gasteiger partial charge on any atom is -0.481 e. The molecule has 2 amide bonds. The van der Waals surface area contributed by atoms with Gasteiger partial charge < -0.3 is 15.0 Å². The second kappa shape index (κ2) is 9.04. The molecular weight excluding hydrogens is 408 g/mol. The number of amides is 2. The van der Waals surface area contributed by atoms with E-state index in [0.717, 1.165) is 23.0 Å². The normalized spacial score (nSPS) is 17.9. The number of anilines is 1. The van der Waals surface area contributed by atoms with Crippen molar-refractivity contribution in [1.82, 2.24) is 4.90 Å². The summed E-state index contributed by atoms with van der Waals surface area (Å²) in [6.45, 7) is 2.82. The molecular formula is C21H23BrN2O3. The van der Waals surface area contributed by atoms with Crippen LogP contribution >= 0.6 is 15.9 Å². The molecule has 1 aliphatic heterocycles. The van der Waals surface area contributed by atoms with E-state index in [0.29, 0.717) is 18.8 Å². The molecule has 0 aliphatic carbocycles. The van der Waals surface area contributed by atoms with Gasteiger partial charge in [0.15, 0.2) is 6.10 Å². The van der Waals surface area contributed by atoms with Crippen LogP contribution in [0.2, 0.25) is 0 Å². The third-order valence-electron chi connectivity index (χ3n) is 4.62. The van der Waals surface area contributed by atoms with Gasteiger partial charge in [-0.3, -0.25) is 9.59 Å². The molecule has 2 aromatic carbocycles. The number of nitrogens with zero attached hydrogens (tertiary/aromatic N) is 1. The van der Waals surface area contributed by atoms with Gasteiger partial charge in [-0.2, -0.15) is 0 Å². The van der Waals surface area contributed by atoms with Gasteiger partial charge in [-0.1, -0.05) is 34.1 Å². The number of carbonyl (C=O) groups is 2. The lowest BCUT2D eigenvalue weighted by atomic mass is 9.96. The summed E-state index contributed by atoms with van der Waals surface area (Å²) >= 11 is 3.38. The number of rotatable bonds is 5. The second-order valence-corrected chi connectivity index (χ2v) is 7.61. The highest BCUT2D eigenvalue weighted by atomic mass is 79.9. The van der Waals surface area contributed by atoms with Gasteiger partial charge in [-0.05, 0) is 56.2 Å². The summed E-state index contributed by atoms with van der Waals surface area (Å²) in [5, 5.41) is 2.93. The number of ether oxygens (including phenoxy) is 1. The van der Waals surface area contributed by atoms with Crippen molar-refractivity contribution in [3.8, 4) is 5.75 Å². The van der Waals surface area contributed by atoms with Crippen molar-refractivity contribution in [2.75, 3.05) is 18.4 Å². The predicted octanol–water partition coefficient (Wildman–Crippen LogP) is 4.09. The molecule has 0 aromatic heterocycles.